The second-order valence-corrected chi connectivity index (χ2v) is 9.97. The van der Waals surface area contributed by atoms with Crippen LogP contribution in [0.25, 0.3) is 11.1 Å². The van der Waals surface area contributed by atoms with Crippen LogP contribution >= 0.6 is 0 Å². The van der Waals surface area contributed by atoms with Gasteiger partial charge in [-0.1, -0.05) is 97.1 Å². The molecule has 4 aromatic rings. The van der Waals surface area contributed by atoms with Crippen molar-refractivity contribution in [2.75, 3.05) is 0 Å². The molecule has 0 spiro atoms. The average Bonchev–Trinajstić information content (AvgIpc) is 2.98. The summed E-state index contributed by atoms with van der Waals surface area (Å²) in [4.78, 5) is 0. The van der Waals surface area contributed by atoms with E-state index in [9.17, 15) is 20.4 Å². The molecule has 4 nitrogen and oxygen atoms in total. The zero-order chi connectivity index (χ0) is 30.2. The minimum Gasteiger partial charge on any atom is -0.507 e. The number of allylic oxidation sites excluding steroid dienone is 4. The van der Waals surface area contributed by atoms with E-state index in [0.29, 0.717) is 81.3 Å². The third kappa shape index (κ3) is 5.79. The van der Waals surface area contributed by atoms with Gasteiger partial charge in [-0.05, 0) is 47.9 Å². The zero-order valence-corrected chi connectivity index (χ0v) is 23.7. The van der Waals surface area contributed by atoms with Crippen LogP contribution in [0.1, 0.15) is 44.5 Å². The molecule has 0 aliphatic heterocycles. The van der Waals surface area contributed by atoms with Crippen LogP contribution in [0.3, 0.4) is 0 Å². The Hall–Kier alpha value is -5.22. The molecule has 4 aromatic carbocycles. The third-order valence-corrected chi connectivity index (χ3v) is 7.26. The first-order valence-corrected chi connectivity index (χ1v) is 13.8. The molecule has 0 atom stereocenters. The average molecular weight is 557 g/mol. The quantitative estimate of drug-likeness (QED) is 0.104. The van der Waals surface area contributed by atoms with Crippen LogP contribution < -0.4 is 0 Å². The summed E-state index contributed by atoms with van der Waals surface area (Å²) in [7, 11) is 0. The highest BCUT2D eigenvalue weighted by Crippen LogP contribution is 2.48. The van der Waals surface area contributed by atoms with E-state index >= 15 is 0 Å². The lowest BCUT2D eigenvalue weighted by Crippen LogP contribution is -2.02. The van der Waals surface area contributed by atoms with Gasteiger partial charge in [-0.25, -0.2) is 0 Å². The topological polar surface area (TPSA) is 80.9 Å². The molecule has 4 N–H and O–H groups in total. The molecule has 212 valence electrons. The van der Waals surface area contributed by atoms with Crippen LogP contribution in [0.2, 0.25) is 0 Å². The summed E-state index contributed by atoms with van der Waals surface area (Å²) in [6, 6.07) is 21.7. The van der Waals surface area contributed by atoms with Gasteiger partial charge in [0.2, 0.25) is 0 Å². The Morgan fingerprint density at radius 2 is 0.619 bits per heavy atom. The van der Waals surface area contributed by atoms with Crippen LogP contribution in [0.15, 0.2) is 123 Å². The fourth-order valence-electron chi connectivity index (χ4n) is 5.28. The molecule has 0 heterocycles. The first kappa shape index (κ1) is 29.8. The maximum Gasteiger partial charge on any atom is 0.126 e. The van der Waals surface area contributed by atoms with Crippen molar-refractivity contribution < 1.29 is 20.4 Å². The van der Waals surface area contributed by atoms with Crippen LogP contribution in [-0.2, 0) is 25.7 Å². The molecule has 0 aliphatic rings. The number of rotatable bonds is 12. The number of aromatic hydroxyl groups is 4. The van der Waals surface area contributed by atoms with Gasteiger partial charge in [0.15, 0.2) is 0 Å². The van der Waals surface area contributed by atoms with Crippen molar-refractivity contribution in [3.63, 3.8) is 0 Å². The second kappa shape index (κ2) is 13.4. The molecule has 0 amide bonds. The lowest BCUT2D eigenvalue weighted by Gasteiger charge is -2.23. The molecule has 0 fully saturated rings. The zero-order valence-electron chi connectivity index (χ0n) is 23.7. The SMILES string of the molecule is C=CCc1cccc(C(=C(c2cccc(CC=C)c2O)c2cccc(CC=C)c2O)c2cccc(CC=C)c2O)c1O. The van der Waals surface area contributed by atoms with Gasteiger partial charge in [0.1, 0.15) is 23.0 Å². The Labute approximate surface area is 247 Å². The van der Waals surface area contributed by atoms with Crippen molar-refractivity contribution in [1.29, 1.82) is 0 Å². The molecule has 4 rings (SSSR count). The molecule has 42 heavy (non-hydrogen) atoms. The van der Waals surface area contributed by atoms with Crippen LogP contribution in [0.5, 0.6) is 23.0 Å². The van der Waals surface area contributed by atoms with Gasteiger partial charge in [0.25, 0.3) is 0 Å². The molecular weight excluding hydrogens is 520 g/mol. The number of hydrogen-bond donors (Lipinski definition) is 4. The van der Waals surface area contributed by atoms with Gasteiger partial charge in [-0.3, -0.25) is 0 Å². The summed E-state index contributed by atoms with van der Waals surface area (Å²) in [5.74, 6) is 0.0626. The van der Waals surface area contributed by atoms with E-state index in [2.05, 4.69) is 26.3 Å². The standard InChI is InChI=1S/C38H36O4/c1-5-13-25-17-9-21-29(35(25)39)33(30-22-10-18-26(14-6-2)36(30)40)34(31-23-11-19-27(15-7-3)37(31)41)32-24-12-20-28(16-8-4)38(32)42/h5-12,17-24,39-42H,1-4,13-16H2. The lowest BCUT2D eigenvalue weighted by molar-refractivity contribution is 0.463. The van der Waals surface area contributed by atoms with E-state index in [1.807, 2.05) is 48.5 Å². The van der Waals surface area contributed by atoms with Crippen molar-refractivity contribution in [1.82, 2.24) is 0 Å². The highest BCUT2D eigenvalue weighted by Gasteiger charge is 2.27. The smallest absolute Gasteiger partial charge is 0.126 e. The summed E-state index contributed by atoms with van der Waals surface area (Å²) >= 11 is 0. The summed E-state index contributed by atoms with van der Waals surface area (Å²) in [5, 5.41) is 46.6. The Kier molecular flexibility index (Phi) is 9.51. The molecule has 0 saturated heterocycles. The number of para-hydroxylation sites is 4. The molecule has 0 aromatic heterocycles. The largest absolute Gasteiger partial charge is 0.507 e. The van der Waals surface area contributed by atoms with Gasteiger partial charge in [-0.2, -0.15) is 0 Å². The van der Waals surface area contributed by atoms with Crippen molar-refractivity contribution >= 4 is 11.1 Å². The highest BCUT2D eigenvalue weighted by molar-refractivity contribution is 6.08. The minimum atomic E-state index is 0.0156. The van der Waals surface area contributed by atoms with Gasteiger partial charge < -0.3 is 20.4 Å². The van der Waals surface area contributed by atoms with E-state index in [1.165, 1.54) is 0 Å². The van der Waals surface area contributed by atoms with E-state index in [0.717, 1.165) is 0 Å². The van der Waals surface area contributed by atoms with E-state index < -0.39 is 0 Å². The number of phenolic OH excluding ortho intramolecular Hbond substituents is 4. The molecule has 0 radical (unpaired) electrons. The van der Waals surface area contributed by atoms with Crippen LogP contribution in [-0.4, -0.2) is 20.4 Å². The van der Waals surface area contributed by atoms with Gasteiger partial charge >= 0.3 is 0 Å². The van der Waals surface area contributed by atoms with Crippen LogP contribution in [0, 0.1) is 0 Å². The summed E-state index contributed by atoms with van der Waals surface area (Å²) in [6.45, 7) is 15.3. The Morgan fingerprint density at radius 1 is 0.405 bits per heavy atom. The Morgan fingerprint density at radius 3 is 0.810 bits per heavy atom. The molecule has 4 heteroatoms. The van der Waals surface area contributed by atoms with Crippen molar-refractivity contribution in [2.24, 2.45) is 0 Å². The molecule has 0 bridgehead atoms. The summed E-state index contributed by atoms with van der Waals surface area (Å²) < 4.78 is 0. The van der Waals surface area contributed by atoms with E-state index in [4.69, 9.17) is 0 Å². The molecular formula is C38H36O4. The predicted octanol–water partition coefficient (Wildman–Crippen LogP) is 8.43. The summed E-state index contributed by atoms with van der Waals surface area (Å²) in [5.41, 5.74) is 5.19. The van der Waals surface area contributed by atoms with Gasteiger partial charge in [-0.15, -0.1) is 26.3 Å². The molecule has 0 unspecified atom stereocenters. The number of phenols is 4. The minimum absolute atomic E-state index is 0.0156. The lowest BCUT2D eigenvalue weighted by atomic mass is 9.82. The van der Waals surface area contributed by atoms with Gasteiger partial charge in [0, 0.05) is 33.4 Å². The van der Waals surface area contributed by atoms with E-state index in [1.54, 1.807) is 48.6 Å². The fraction of sp³-hybridized carbons (Fsp3) is 0.105. The number of benzene rings is 4. The monoisotopic (exact) mass is 556 g/mol. The second-order valence-electron chi connectivity index (χ2n) is 9.97. The summed E-state index contributed by atoms with van der Waals surface area (Å²) in [6.07, 6.45) is 8.52. The molecule has 0 saturated carbocycles. The third-order valence-electron chi connectivity index (χ3n) is 7.26. The maximum atomic E-state index is 11.6. The first-order valence-electron chi connectivity index (χ1n) is 13.8. The van der Waals surface area contributed by atoms with Crippen molar-refractivity contribution in [3.8, 4) is 23.0 Å². The molecule has 0 aliphatic carbocycles. The Balaban J connectivity index is 2.29. The Bertz CT molecular complexity index is 1440. The van der Waals surface area contributed by atoms with Crippen molar-refractivity contribution in [3.05, 3.63) is 168 Å². The van der Waals surface area contributed by atoms with Crippen LogP contribution in [0.4, 0.5) is 0 Å². The highest BCUT2D eigenvalue weighted by atomic mass is 16.3. The van der Waals surface area contributed by atoms with Crippen molar-refractivity contribution in [2.45, 2.75) is 25.7 Å². The number of hydrogen-bond acceptors (Lipinski definition) is 4. The normalized spacial score (nSPS) is 10.6. The maximum absolute atomic E-state index is 11.6. The predicted molar refractivity (Wildman–Crippen MR) is 173 cm³/mol. The first-order chi connectivity index (χ1) is 20.4. The van der Waals surface area contributed by atoms with Gasteiger partial charge in [0.05, 0.1) is 0 Å². The van der Waals surface area contributed by atoms with E-state index in [-0.39, 0.29) is 23.0 Å². The fourth-order valence-corrected chi connectivity index (χ4v) is 5.28.